The predicted octanol–water partition coefficient (Wildman–Crippen LogP) is 4.30. The van der Waals surface area contributed by atoms with Crippen molar-refractivity contribution in [2.75, 3.05) is 0 Å². The molecule has 0 saturated heterocycles. The van der Waals surface area contributed by atoms with Gasteiger partial charge in [-0.1, -0.05) is 54.1 Å². The van der Waals surface area contributed by atoms with Crippen molar-refractivity contribution in [3.05, 3.63) is 77.0 Å². The average molecular weight is 263 g/mol. The standard InChI is InChI=1S/C18H17NO/c1-12-9-10-17(19)16(11-12)18(20)15-8-4-6-13-5-2-3-7-14(13)15/h2-10,20H,11,19H2,1H3. The summed E-state index contributed by atoms with van der Waals surface area (Å²) in [6.07, 6.45) is 4.54. The fourth-order valence-corrected chi connectivity index (χ4v) is 2.59. The first-order valence-electron chi connectivity index (χ1n) is 6.70. The van der Waals surface area contributed by atoms with Crippen LogP contribution in [0.4, 0.5) is 0 Å². The van der Waals surface area contributed by atoms with Crippen molar-refractivity contribution in [2.45, 2.75) is 13.3 Å². The van der Waals surface area contributed by atoms with Crippen molar-refractivity contribution in [3.63, 3.8) is 0 Å². The zero-order valence-electron chi connectivity index (χ0n) is 11.4. The molecule has 0 saturated carbocycles. The summed E-state index contributed by atoms with van der Waals surface area (Å²) in [7, 11) is 0. The highest BCUT2D eigenvalue weighted by molar-refractivity contribution is 5.93. The van der Waals surface area contributed by atoms with Gasteiger partial charge in [0.05, 0.1) is 0 Å². The molecular weight excluding hydrogens is 246 g/mol. The molecule has 0 aliphatic heterocycles. The molecule has 3 N–H and O–H groups in total. The summed E-state index contributed by atoms with van der Waals surface area (Å²) in [5, 5.41) is 12.8. The van der Waals surface area contributed by atoms with Crippen LogP contribution in [0.1, 0.15) is 18.9 Å². The Morgan fingerprint density at radius 3 is 2.65 bits per heavy atom. The number of aliphatic hydroxyl groups excluding tert-OH is 1. The summed E-state index contributed by atoms with van der Waals surface area (Å²) >= 11 is 0. The highest BCUT2D eigenvalue weighted by Gasteiger charge is 2.15. The number of hydrogen-bond donors (Lipinski definition) is 2. The summed E-state index contributed by atoms with van der Waals surface area (Å²) < 4.78 is 0. The lowest BCUT2D eigenvalue weighted by molar-refractivity contribution is 0.506. The Hall–Kier alpha value is -2.48. The maximum Gasteiger partial charge on any atom is 0.128 e. The zero-order valence-corrected chi connectivity index (χ0v) is 11.4. The van der Waals surface area contributed by atoms with Crippen LogP contribution in [0, 0.1) is 0 Å². The van der Waals surface area contributed by atoms with Crippen LogP contribution in [0.3, 0.4) is 0 Å². The summed E-state index contributed by atoms with van der Waals surface area (Å²) in [4.78, 5) is 0. The molecule has 2 heteroatoms. The molecule has 2 aromatic rings. The largest absolute Gasteiger partial charge is 0.507 e. The van der Waals surface area contributed by atoms with Gasteiger partial charge in [-0.3, -0.25) is 0 Å². The third kappa shape index (κ3) is 2.10. The van der Waals surface area contributed by atoms with Gasteiger partial charge in [-0.15, -0.1) is 0 Å². The Kier molecular flexibility index (Phi) is 3.07. The molecule has 2 aromatic carbocycles. The van der Waals surface area contributed by atoms with Crippen molar-refractivity contribution < 1.29 is 5.11 Å². The first-order valence-corrected chi connectivity index (χ1v) is 6.70. The van der Waals surface area contributed by atoms with Gasteiger partial charge in [0.2, 0.25) is 0 Å². The van der Waals surface area contributed by atoms with Gasteiger partial charge in [-0.25, -0.2) is 0 Å². The van der Waals surface area contributed by atoms with E-state index in [2.05, 4.69) is 0 Å². The molecular formula is C18H17NO. The number of nitrogens with two attached hydrogens (primary N) is 1. The molecule has 0 spiro atoms. The molecule has 20 heavy (non-hydrogen) atoms. The minimum Gasteiger partial charge on any atom is -0.507 e. The number of aliphatic hydroxyl groups is 1. The maximum atomic E-state index is 10.7. The number of hydrogen-bond acceptors (Lipinski definition) is 2. The molecule has 2 nitrogen and oxygen atoms in total. The molecule has 0 bridgehead atoms. The third-order valence-corrected chi connectivity index (χ3v) is 3.68. The van der Waals surface area contributed by atoms with E-state index in [4.69, 9.17) is 5.73 Å². The van der Waals surface area contributed by atoms with Gasteiger partial charge in [0.1, 0.15) is 5.76 Å². The first-order chi connectivity index (χ1) is 9.66. The Morgan fingerprint density at radius 2 is 1.80 bits per heavy atom. The van der Waals surface area contributed by atoms with Crippen molar-refractivity contribution in [2.24, 2.45) is 5.73 Å². The summed E-state index contributed by atoms with van der Waals surface area (Å²) in [5.41, 5.74) is 9.50. The molecule has 0 fully saturated rings. The van der Waals surface area contributed by atoms with Crippen LogP contribution < -0.4 is 5.73 Å². The Bertz CT molecular complexity index is 761. The minimum atomic E-state index is 0.281. The van der Waals surface area contributed by atoms with Crippen molar-refractivity contribution in [1.82, 2.24) is 0 Å². The highest BCUT2D eigenvalue weighted by atomic mass is 16.3. The quantitative estimate of drug-likeness (QED) is 0.753. The fraction of sp³-hybridized carbons (Fsp3) is 0.111. The molecule has 3 rings (SSSR count). The molecule has 0 amide bonds. The van der Waals surface area contributed by atoms with Gasteiger partial charge in [-0.2, -0.15) is 0 Å². The lowest BCUT2D eigenvalue weighted by Crippen LogP contribution is -2.08. The maximum absolute atomic E-state index is 10.7. The van der Waals surface area contributed by atoms with E-state index in [1.807, 2.05) is 61.5 Å². The van der Waals surface area contributed by atoms with E-state index >= 15 is 0 Å². The molecule has 1 aliphatic rings. The number of rotatable bonds is 1. The molecule has 0 unspecified atom stereocenters. The lowest BCUT2D eigenvalue weighted by Gasteiger charge is -2.16. The van der Waals surface area contributed by atoms with Crippen LogP contribution in [0.15, 0.2) is 71.5 Å². The van der Waals surface area contributed by atoms with Crippen LogP contribution in [0.2, 0.25) is 0 Å². The van der Waals surface area contributed by atoms with E-state index in [1.165, 1.54) is 5.57 Å². The first kappa shape index (κ1) is 12.5. The van der Waals surface area contributed by atoms with E-state index < -0.39 is 0 Å². The second kappa shape index (κ2) is 4.89. The number of benzene rings is 2. The minimum absolute atomic E-state index is 0.281. The van der Waals surface area contributed by atoms with Crippen molar-refractivity contribution in [1.29, 1.82) is 0 Å². The second-order valence-electron chi connectivity index (χ2n) is 5.17. The van der Waals surface area contributed by atoms with E-state index in [1.54, 1.807) is 0 Å². The van der Waals surface area contributed by atoms with Crippen LogP contribution in [-0.2, 0) is 0 Å². The molecule has 1 aliphatic carbocycles. The zero-order chi connectivity index (χ0) is 14.1. The Balaban J connectivity index is 2.21. The van der Waals surface area contributed by atoms with Gasteiger partial charge in [0.15, 0.2) is 0 Å². The van der Waals surface area contributed by atoms with Crippen LogP contribution in [0.5, 0.6) is 0 Å². The molecule has 0 atom stereocenters. The van der Waals surface area contributed by atoms with E-state index in [0.717, 1.165) is 21.9 Å². The predicted molar refractivity (Wildman–Crippen MR) is 84.1 cm³/mol. The van der Waals surface area contributed by atoms with Crippen LogP contribution >= 0.6 is 0 Å². The van der Waals surface area contributed by atoms with E-state index in [0.29, 0.717) is 12.1 Å². The van der Waals surface area contributed by atoms with Crippen molar-refractivity contribution in [3.8, 4) is 0 Å². The summed E-state index contributed by atoms with van der Waals surface area (Å²) in [5.74, 6) is 0.281. The lowest BCUT2D eigenvalue weighted by atomic mass is 9.93. The second-order valence-corrected chi connectivity index (χ2v) is 5.17. The SMILES string of the molecule is CC1=CC=C(N)C(=C(O)c2cccc3ccccc23)C1. The van der Waals surface area contributed by atoms with Gasteiger partial charge < -0.3 is 10.8 Å². The van der Waals surface area contributed by atoms with Gasteiger partial charge in [-0.05, 0) is 30.2 Å². The Labute approximate surface area is 118 Å². The van der Waals surface area contributed by atoms with E-state index in [-0.39, 0.29) is 5.76 Å². The smallest absolute Gasteiger partial charge is 0.128 e. The molecule has 0 radical (unpaired) electrons. The van der Waals surface area contributed by atoms with E-state index in [9.17, 15) is 5.11 Å². The monoisotopic (exact) mass is 263 g/mol. The molecule has 0 heterocycles. The number of allylic oxidation sites excluding steroid dienone is 4. The normalized spacial score (nSPS) is 17.6. The van der Waals surface area contributed by atoms with Crippen LogP contribution in [-0.4, -0.2) is 5.11 Å². The molecule has 0 aromatic heterocycles. The van der Waals surface area contributed by atoms with Crippen LogP contribution in [0.25, 0.3) is 16.5 Å². The number of fused-ring (bicyclic) bond motifs is 1. The topological polar surface area (TPSA) is 46.2 Å². The van der Waals surface area contributed by atoms with Gasteiger partial charge >= 0.3 is 0 Å². The summed E-state index contributed by atoms with van der Waals surface area (Å²) in [6, 6.07) is 14.0. The third-order valence-electron chi connectivity index (χ3n) is 3.68. The average Bonchev–Trinajstić information content (AvgIpc) is 2.48. The fourth-order valence-electron chi connectivity index (χ4n) is 2.59. The molecule has 100 valence electrons. The highest BCUT2D eigenvalue weighted by Crippen LogP contribution is 2.31. The Morgan fingerprint density at radius 1 is 1.05 bits per heavy atom. The summed E-state index contributed by atoms with van der Waals surface area (Å²) in [6.45, 7) is 2.04. The van der Waals surface area contributed by atoms with Gasteiger partial charge in [0, 0.05) is 16.8 Å². The van der Waals surface area contributed by atoms with Crippen molar-refractivity contribution >= 4 is 16.5 Å². The van der Waals surface area contributed by atoms with Gasteiger partial charge in [0.25, 0.3) is 0 Å².